The molecule has 0 aliphatic heterocycles. The predicted octanol–water partition coefficient (Wildman–Crippen LogP) is 11.2. The van der Waals surface area contributed by atoms with E-state index in [1.54, 1.807) is 48.5 Å². The average molecular weight is 525 g/mol. The van der Waals surface area contributed by atoms with Crippen LogP contribution in [0, 0.1) is 29.2 Å². The third kappa shape index (κ3) is 6.50. The van der Waals surface area contributed by atoms with Gasteiger partial charge < -0.3 is 0 Å². The molecule has 0 heterocycles. The lowest BCUT2D eigenvalue weighted by Gasteiger charge is -2.29. The number of aryl methyl sites for hydroxylation is 1. The van der Waals surface area contributed by atoms with Gasteiger partial charge >= 0.3 is 0 Å². The summed E-state index contributed by atoms with van der Waals surface area (Å²) in [5, 5.41) is 0. The Labute approximate surface area is 225 Å². The van der Waals surface area contributed by atoms with E-state index in [0.29, 0.717) is 34.6 Å². The van der Waals surface area contributed by atoms with Gasteiger partial charge in [-0.2, -0.15) is 0 Å². The molecule has 38 heavy (non-hydrogen) atoms. The van der Waals surface area contributed by atoms with Crippen LogP contribution in [0.2, 0.25) is 0 Å². The lowest BCUT2D eigenvalue weighted by Crippen LogP contribution is -2.15. The monoisotopic (exact) mass is 524 g/mol. The molecular formula is C34H40F4. The number of halogens is 4. The fraction of sp³-hybridized carbons (Fsp3) is 0.471. The molecule has 1 aliphatic carbocycles. The van der Waals surface area contributed by atoms with E-state index in [2.05, 4.69) is 6.92 Å². The minimum absolute atomic E-state index is 0.0609. The van der Waals surface area contributed by atoms with Crippen molar-refractivity contribution in [1.29, 1.82) is 0 Å². The molecule has 0 nitrogen and oxygen atoms in total. The molecule has 0 unspecified atom stereocenters. The van der Waals surface area contributed by atoms with Gasteiger partial charge in [-0.05, 0) is 66.2 Å². The summed E-state index contributed by atoms with van der Waals surface area (Å²) in [5.41, 5.74) is 2.18. The van der Waals surface area contributed by atoms with E-state index >= 15 is 8.78 Å². The van der Waals surface area contributed by atoms with Crippen LogP contribution in [0.1, 0.15) is 102 Å². The quantitative estimate of drug-likeness (QED) is 0.173. The summed E-state index contributed by atoms with van der Waals surface area (Å²) in [6.07, 6.45) is 12.9. The smallest absolute Gasteiger partial charge is 0.166 e. The molecule has 0 amide bonds. The van der Waals surface area contributed by atoms with Gasteiger partial charge in [0.2, 0.25) is 0 Å². The van der Waals surface area contributed by atoms with Crippen molar-refractivity contribution in [3.05, 3.63) is 82.9 Å². The van der Waals surface area contributed by atoms with Crippen molar-refractivity contribution in [2.24, 2.45) is 5.92 Å². The molecule has 3 aromatic rings. The first-order valence-corrected chi connectivity index (χ1v) is 14.5. The van der Waals surface area contributed by atoms with E-state index in [1.165, 1.54) is 38.5 Å². The van der Waals surface area contributed by atoms with Crippen LogP contribution in [0.25, 0.3) is 22.3 Å². The third-order valence-corrected chi connectivity index (χ3v) is 8.30. The average Bonchev–Trinajstić information content (AvgIpc) is 2.93. The summed E-state index contributed by atoms with van der Waals surface area (Å²) in [5.74, 6) is -2.52. The Hall–Kier alpha value is -2.62. The third-order valence-electron chi connectivity index (χ3n) is 8.30. The molecule has 0 saturated heterocycles. The number of hydrogen-bond donors (Lipinski definition) is 0. The van der Waals surface area contributed by atoms with Crippen molar-refractivity contribution < 1.29 is 17.6 Å². The van der Waals surface area contributed by atoms with Crippen LogP contribution in [0.5, 0.6) is 0 Å². The van der Waals surface area contributed by atoms with E-state index in [-0.39, 0.29) is 17.0 Å². The van der Waals surface area contributed by atoms with E-state index in [0.717, 1.165) is 32.1 Å². The minimum Gasteiger partial charge on any atom is -0.203 e. The van der Waals surface area contributed by atoms with Gasteiger partial charge in [0.05, 0.1) is 0 Å². The second kappa shape index (κ2) is 13.4. The minimum atomic E-state index is -0.878. The Morgan fingerprint density at radius 1 is 0.579 bits per heavy atom. The Balaban J connectivity index is 1.43. The Bertz CT molecular complexity index is 1190. The van der Waals surface area contributed by atoms with Gasteiger partial charge in [-0.25, -0.2) is 17.6 Å². The molecule has 1 fully saturated rings. The highest BCUT2D eigenvalue weighted by atomic mass is 19.2. The highest BCUT2D eigenvalue weighted by Crippen LogP contribution is 2.40. The first kappa shape index (κ1) is 28.4. The Morgan fingerprint density at radius 2 is 1.16 bits per heavy atom. The first-order valence-electron chi connectivity index (χ1n) is 14.5. The second-order valence-electron chi connectivity index (χ2n) is 11.0. The fourth-order valence-electron chi connectivity index (χ4n) is 6.01. The van der Waals surface area contributed by atoms with Gasteiger partial charge in [-0.1, -0.05) is 107 Å². The second-order valence-corrected chi connectivity index (χ2v) is 11.0. The SMILES string of the molecule is CCCCCCCC1CCC(c2ccc(-c3ccc(-c4ccc(CCC)c(F)c4F)cc3)c(F)c2F)CC1. The summed E-state index contributed by atoms with van der Waals surface area (Å²) in [6, 6.07) is 13.1. The molecule has 4 heteroatoms. The lowest BCUT2D eigenvalue weighted by atomic mass is 9.76. The maximum absolute atomic E-state index is 15.2. The number of hydrogen-bond acceptors (Lipinski definition) is 0. The van der Waals surface area contributed by atoms with E-state index in [9.17, 15) is 8.78 Å². The largest absolute Gasteiger partial charge is 0.203 e. The molecule has 0 radical (unpaired) electrons. The maximum Gasteiger partial charge on any atom is 0.166 e. The summed E-state index contributed by atoms with van der Waals surface area (Å²) in [4.78, 5) is 0. The standard InChI is InChI=1S/C34H40F4/c1-3-5-6-7-8-10-23-11-13-24(14-12-23)29-21-22-30(34(38)33(29)37)26-17-15-25(16-18-26)28-20-19-27(9-4-2)31(35)32(28)36/h15-24H,3-14H2,1-2H3. The van der Waals surface area contributed by atoms with Crippen molar-refractivity contribution in [3.63, 3.8) is 0 Å². The number of unbranched alkanes of at least 4 members (excludes halogenated alkanes) is 4. The summed E-state index contributed by atoms with van der Waals surface area (Å²) in [6.45, 7) is 4.14. The molecule has 3 aromatic carbocycles. The van der Waals surface area contributed by atoms with Crippen LogP contribution in [-0.4, -0.2) is 0 Å². The molecule has 1 aliphatic rings. The first-order chi connectivity index (χ1) is 18.4. The molecule has 0 bridgehead atoms. The maximum atomic E-state index is 15.2. The van der Waals surface area contributed by atoms with Gasteiger partial charge in [0, 0.05) is 11.1 Å². The van der Waals surface area contributed by atoms with Crippen molar-refractivity contribution in [2.45, 2.75) is 96.8 Å². The van der Waals surface area contributed by atoms with E-state index < -0.39 is 23.3 Å². The number of benzene rings is 3. The molecule has 1 saturated carbocycles. The van der Waals surface area contributed by atoms with Crippen LogP contribution < -0.4 is 0 Å². The molecule has 0 N–H and O–H groups in total. The van der Waals surface area contributed by atoms with Crippen molar-refractivity contribution in [1.82, 2.24) is 0 Å². The normalized spacial score (nSPS) is 17.6. The summed E-state index contributed by atoms with van der Waals surface area (Å²) >= 11 is 0. The molecule has 204 valence electrons. The van der Waals surface area contributed by atoms with Crippen LogP contribution in [0.3, 0.4) is 0 Å². The highest BCUT2D eigenvalue weighted by molar-refractivity contribution is 5.71. The topological polar surface area (TPSA) is 0 Å². The zero-order valence-corrected chi connectivity index (χ0v) is 22.8. The van der Waals surface area contributed by atoms with Crippen LogP contribution >= 0.6 is 0 Å². The summed E-state index contributed by atoms with van der Waals surface area (Å²) < 4.78 is 59.5. The van der Waals surface area contributed by atoms with Gasteiger partial charge in [0.1, 0.15) is 0 Å². The predicted molar refractivity (Wildman–Crippen MR) is 149 cm³/mol. The van der Waals surface area contributed by atoms with Crippen molar-refractivity contribution in [3.8, 4) is 22.3 Å². The van der Waals surface area contributed by atoms with Gasteiger partial charge in [-0.15, -0.1) is 0 Å². The zero-order chi connectivity index (χ0) is 27.1. The van der Waals surface area contributed by atoms with Gasteiger partial charge in [0.25, 0.3) is 0 Å². The molecule has 0 atom stereocenters. The molecule has 4 rings (SSSR count). The summed E-state index contributed by atoms with van der Waals surface area (Å²) in [7, 11) is 0. The van der Waals surface area contributed by atoms with Crippen molar-refractivity contribution >= 4 is 0 Å². The Kier molecular flexibility index (Phi) is 10.0. The van der Waals surface area contributed by atoms with Crippen LogP contribution in [-0.2, 0) is 6.42 Å². The van der Waals surface area contributed by atoms with E-state index in [1.807, 2.05) is 6.92 Å². The number of rotatable bonds is 11. The Morgan fingerprint density at radius 3 is 1.76 bits per heavy atom. The highest BCUT2D eigenvalue weighted by Gasteiger charge is 2.26. The molecule has 0 spiro atoms. The zero-order valence-electron chi connectivity index (χ0n) is 22.8. The van der Waals surface area contributed by atoms with Crippen molar-refractivity contribution in [2.75, 3.05) is 0 Å². The van der Waals surface area contributed by atoms with Gasteiger partial charge in [-0.3, -0.25) is 0 Å². The van der Waals surface area contributed by atoms with Gasteiger partial charge in [0.15, 0.2) is 23.3 Å². The molecule has 0 aromatic heterocycles. The van der Waals surface area contributed by atoms with E-state index in [4.69, 9.17) is 0 Å². The van der Waals surface area contributed by atoms with Crippen LogP contribution in [0.4, 0.5) is 17.6 Å². The van der Waals surface area contributed by atoms with Crippen LogP contribution in [0.15, 0.2) is 48.5 Å². The fourth-order valence-corrected chi connectivity index (χ4v) is 6.01. The molecular weight excluding hydrogens is 484 g/mol. The lowest BCUT2D eigenvalue weighted by molar-refractivity contribution is 0.297.